The summed E-state index contributed by atoms with van der Waals surface area (Å²) in [5, 5.41) is 10.0. The van der Waals surface area contributed by atoms with Gasteiger partial charge >= 0.3 is 5.97 Å². The molecule has 1 amide bonds. The molecular weight excluding hydrogens is 490 g/mol. The number of hydrogen-bond acceptors (Lipinski definition) is 5. The highest BCUT2D eigenvalue weighted by molar-refractivity contribution is 7.80. The number of thiophene rings is 1. The Morgan fingerprint density at radius 1 is 0.861 bits per heavy atom. The molecule has 0 radical (unpaired) electrons. The molecule has 1 heterocycles. The van der Waals surface area contributed by atoms with Crippen LogP contribution in [0, 0.1) is 0 Å². The van der Waals surface area contributed by atoms with E-state index in [1.54, 1.807) is 18.2 Å². The Morgan fingerprint density at radius 2 is 1.56 bits per heavy atom. The average molecular weight is 516 g/mol. The first-order valence-electron chi connectivity index (χ1n) is 11.3. The molecular formula is C28H25N3O3S2. The van der Waals surface area contributed by atoms with Crippen molar-refractivity contribution in [2.45, 2.75) is 13.0 Å². The third kappa shape index (κ3) is 6.78. The molecule has 0 aliphatic carbocycles. The molecule has 3 aromatic carbocycles. The molecule has 0 atom stereocenters. The van der Waals surface area contributed by atoms with Crippen molar-refractivity contribution in [1.82, 2.24) is 5.32 Å². The highest BCUT2D eigenvalue weighted by Gasteiger charge is 2.18. The van der Waals surface area contributed by atoms with Crippen LogP contribution in [0.15, 0.2) is 91.0 Å². The van der Waals surface area contributed by atoms with Gasteiger partial charge in [-0.2, -0.15) is 0 Å². The van der Waals surface area contributed by atoms with E-state index in [0.717, 1.165) is 16.0 Å². The number of anilines is 2. The second kappa shape index (κ2) is 12.1. The summed E-state index contributed by atoms with van der Waals surface area (Å²) in [7, 11) is 1.35. The largest absolute Gasteiger partial charge is 0.465 e. The Bertz CT molecular complexity index is 1350. The zero-order chi connectivity index (χ0) is 25.3. The van der Waals surface area contributed by atoms with E-state index in [0.29, 0.717) is 39.9 Å². The number of rotatable bonds is 8. The maximum atomic E-state index is 12.6. The van der Waals surface area contributed by atoms with E-state index < -0.39 is 5.97 Å². The molecule has 0 saturated carbocycles. The van der Waals surface area contributed by atoms with Crippen LogP contribution in [0.25, 0.3) is 0 Å². The minimum Gasteiger partial charge on any atom is -0.465 e. The molecule has 0 aliphatic rings. The van der Waals surface area contributed by atoms with Crippen molar-refractivity contribution in [3.63, 3.8) is 0 Å². The number of benzene rings is 3. The van der Waals surface area contributed by atoms with E-state index >= 15 is 0 Å². The number of thiocarbonyl (C=S) groups is 1. The molecule has 4 aromatic rings. The van der Waals surface area contributed by atoms with Crippen LogP contribution in [0.1, 0.15) is 36.7 Å². The Morgan fingerprint density at radius 3 is 2.25 bits per heavy atom. The van der Waals surface area contributed by atoms with Crippen molar-refractivity contribution in [2.75, 3.05) is 17.7 Å². The number of carbonyl (C=O) groups is 2. The lowest BCUT2D eigenvalue weighted by molar-refractivity contribution is 0.0602. The predicted octanol–water partition coefficient (Wildman–Crippen LogP) is 5.86. The lowest BCUT2D eigenvalue weighted by Crippen LogP contribution is -2.23. The number of hydrogen-bond donors (Lipinski definition) is 3. The van der Waals surface area contributed by atoms with Crippen molar-refractivity contribution in [3.8, 4) is 0 Å². The summed E-state index contributed by atoms with van der Waals surface area (Å²) in [6, 6.07) is 28.6. The van der Waals surface area contributed by atoms with Gasteiger partial charge in [-0.25, -0.2) is 4.79 Å². The van der Waals surface area contributed by atoms with Crippen molar-refractivity contribution in [1.29, 1.82) is 0 Å². The minimum atomic E-state index is -0.437. The van der Waals surface area contributed by atoms with Crippen LogP contribution < -0.4 is 16.0 Å². The molecule has 182 valence electrons. The van der Waals surface area contributed by atoms with E-state index in [9.17, 15) is 9.59 Å². The van der Waals surface area contributed by atoms with Gasteiger partial charge in [-0.1, -0.05) is 66.7 Å². The highest BCUT2D eigenvalue weighted by Crippen LogP contribution is 2.31. The van der Waals surface area contributed by atoms with Crippen LogP contribution in [0.2, 0.25) is 0 Å². The molecule has 6 nitrogen and oxygen atoms in total. The highest BCUT2D eigenvalue weighted by atomic mass is 32.1. The predicted molar refractivity (Wildman–Crippen MR) is 149 cm³/mol. The number of nitrogens with one attached hydrogen (secondary N) is 3. The minimum absolute atomic E-state index is 0.182. The van der Waals surface area contributed by atoms with Crippen LogP contribution in [-0.4, -0.2) is 24.1 Å². The van der Waals surface area contributed by atoms with Gasteiger partial charge < -0.3 is 20.7 Å². The Kier molecular flexibility index (Phi) is 8.44. The average Bonchev–Trinajstić information content (AvgIpc) is 3.29. The Labute approximate surface area is 219 Å². The summed E-state index contributed by atoms with van der Waals surface area (Å²) < 4.78 is 4.96. The molecule has 0 unspecified atom stereocenters. The third-order valence-corrected chi connectivity index (χ3v) is 6.57. The molecule has 1 aromatic heterocycles. The quantitative estimate of drug-likeness (QED) is 0.201. The van der Waals surface area contributed by atoms with Crippen LogP contribution in [0.5, 0.6) is 0 Å². The summed E-state index contributed by atoms with van der Waals surface area (Å²) in [6.45, 7) is 0.442. The zero-order valence-electron chi connectivity index (χ0n) is 19.6. The molecule has 0 bridgehead atoms. The third-order valence-electron chi connectivity index (χ3n) is 5.32. The molecule has 0 saturated heterocycles. The smallest absolute Gasteiger partial charge is 0.340 e. The van der Waals surface area contributed by atoms with Gasteiger partial charge in [-0.05, 0) is 47.6 Å². The SMILES string of the molecule is COC(=O)c1cc(Cc2ccccc2)sc1NC(=S)Nc1cccc(C(=O)NCc2ccccc2)c1. The summed E-state index contributed by atoms with van der Waals surface area (Å²) in [5.74, 6) is -0.619. The Balaban J connectivity index is 1.42. The van der Waals surface area contributed by atoms with E-state index in [-0.39, 0.29) is 5.91 Å². The van der Waals surface area contributed by atoms with E-state index in [2.05, 4.69) is 16.0 Å². The van der Waals surface area contributed by atoms with Gasteiger partial charge in [-0.15, -0.1) is 11.3 Å². The maximum Gasteiger partial charge on any atom is 0.340 e. The standard InChI is InChI=1S/C28H25N3O3S2/c1-34-27(33)24-17-23(15-19-9-4-2-5-10-19)36-26(24)31-28(35)30-22-14-8-13-21(16-22)25(32)29-18-20-11-6-3-7-12-20/h2-14,16-17H,15,18H2,1H3,(H,29,32)(H2,30,31,35). The second-order valence-electron chi connectivity index (χ2n) is 7.94. The number of esters is 1. The first kappa shape index (κ1) is 25.1. The Hall–Kier alpha value is -4.01. The van der Waals surface area contributed by atoms with Gasteiger partial charge in [0.05, 0.1) is 12.7 Å². The molecule has 0 aliphatic heterocycles. The number of ether oxygens (including phenoxy) is 1. The van der Waals surface area contributed by atoms with Gasteiger partial charge in [0.25, 0.3) is 5.91 Å². The van der Waals surface area contributed by atoms with E-state index in [4.69, 9.17) is 17.0 Å². The molecule has 8 heteroatoms. The molecule has 0 spiro atoms. The van der Waals surface area contributed by atoms with E-state index in [1.807, 2.05) is 72.8 Å². The first-order chi connectivity index (χ1) is 17.5. The van der Waals surface area contributed by atoms with Crippen molar-refractivity contribution >= 4 is 51.2 Å². The summed E-state index contributed by atoms with van der Waals surface area (Å²) in [6.07, 6.45) is 0.692. The molecule has 4 rings (SSSR count). The number of amides is 1. The number of methoxy groups -OCH3 is 1. The summed E-state index contributed by atoms with van der Waals surface area (Å²) in [5.41, 5.74) is 3.75. The van der Waals surface area contributed by atoms with Crippen molar-refractivity contribution in [2.24, 2.45) is 0 Å². The maximum absolute atomic E-state index is 12.6. The fourth-order valence-corrected chi connectivity index (χ4v) is 4.93. The fraction of sp³-hybridized carbons (Fsp3) is 0.107. The monoisotopic (exact) mass is 515 g/mol. The number of carbonyl (C=O) groups excluding carboxylic acids is 2. The van der Waals surface area contributed by atoms with Crippen LogP contribution in [-0.2, 0) is 17.7 Å². The molecule has 3 N–H and O–H groups in total. The normalized spacial score (nSPS) is 10.4. The lowest BCUT2D eigenvalue weighted by Gasteiger charge is -2.12. The zero-order valence-corrected chi connectivity index (χ0v) is 21.2. The van der Waals surface area contributed by atoms with Crippen molar-refractivity contribution < 1.29 is 14.3 Å². The van der Waals surface area contributed by atoms with Crippen LogP contribution in [0.3, 0.4) is 0 Å². The van der Waals surface area contributed by atoms with Gasteiger partial charge in [0, 0.05) is 29.1 Å². The molecule has 0 fully saturated rings. The summed E-state index contributed by atoms with van der Waals surface area (Å²) >= 11 is 6.94. The van der Waals surface area contributed by atoms with E-state index in [1.165, 1.54) is 18.4 Å². The lowest BCUT2D eigenvalue weighted by atomic mass is 10.1. The first-order valence-corrected chi connectivity index (χ1v) is 12.5. The fourth-order valence-electron chi connectivity index (χ4n) is 3.56. The van der Waals surface area contributed by atoms with Gasteiger partial charge in [-0.3, -0.25) is 4.79 Å². The summed E-state index contributed by atoms with van der Waals surface area (Å²) in [4.78, 5) is 26.0. The van der Waals surface area contributed by atoms with Gasteiger partial charge in [0.1, 0.15) is 5.00 Å². The topological polar surface area (TPSA) is 79.5 Å². The van der Waals surface area contributed by atoms with Crippen LogP contribution >= 0.6 is 23.6 Å². The van der Waals surface area contributed by atoms with Crippen LogP contribution in [0.4, 0.5) is 10.7 Å². The molecule has 36 heavy (non-hydrogen) atoms. The van der Waals surface area contributed by atoms with Crippen molar-refractivity contribution in [3.05, 3.63) is 118 Å². The van der Waals surface area contributed by atoms with Gasteiger partial charge in [0.2, 0.25) is 0 Å². The van der Waals surface area contributed by atoms with Gasteiger partial charge in [0.15, 0.2) is 5.11 Å². The second-order valence-corrected chi connectivity index (χ2v) is 9.48.